The molecule has 1 fully saturated rings. The number of thioether (sulfide) groups is 1. The van der Waals surface area contributed by atoms with Crippen molar-refractivity contribution in [2.24, 2.45) is 5.73 Å². The number of carbonyl (C=O) groups excluding carboxylic acids is 1. The molecule has 4 heteroatoms. The SMILES string of the molecule is CC1(C)CN(C(=O)CCCCN)CCS1. The van der Waals surface area contributed by atoms with Crippen molar-refractivity contribution in [3.8, 4) is 0 Å². The quantitative estimate of drug-likeness (QED) is 0.744. The van der Waals surface area contributed by atoms with Crippen molar-refractivity contribution in [2.45, 2.75) is 37.9 Å². The fraction of sp³-hybridized carbons (Fsp3) is 0.909. The van der Waals surface area contributed by atoms with E-state index in [1.165, 1.54) is 0 Å². The average Bonchev–Trinajstić information content (AvgIpc) is 2.16. The van der Waals surface area contributed by atoms with E-state index in [4.69, 9.17) is 5.73 Å². The highest BCUT2D eigenvalue weighted by Crippen LogP contribution is 2.29. The molecule has 1 amide bonds. The highest BCUT2D eigenvalue weighted by molar-refractivity contribution is 8.00. The van der Waals surface area contributed by atoms with Gasteiger partial charge in [-0.25, -0.2) is 0 Å². The predicted molar refractivity (Wildman–Crippen MR) is 66.0 cm³/mol. The lowest BCUT2D eigenvalue weighted by molar-refractivity contribution is -0.131. The highest BCUT2D eigenvalue weighted by Gasteiger charge is 2.29. The zero-order valence-electron chi connectivity index (χ0n) is 9.79. The van der Waals surface area contributed by atoms with Crippen LogP contribution in [-0.2, 0) is 4.79 Å². The van der Waals surface area contributed by atoms with Crippen molar-refractivity contribution < 1.29 is 4.79 Å². The van der Waals surface area contributed by atoms with Crippen LogP contribution in [0.2, 0.25) is 0 Å². The van der Waals surface area contributed by atoms with Crippen LogP contribution in [0.4, 0.5) is 0 Å². The normalized spacial score (nSPS) is 20.3. The summed E-state index contributed by atoms with van der Waals surface area (Å²) in [5.74, 6) is 1.37. The molecule has 3 nitrogen and oxygen atoms in total. The molecule has 1 rings (SSSR count). The molecule has 0 aromatic heterocycles. The molecule has 1 aliphatic heterocycles. The molecule has 0 aliphatic carbocycles. The molecule has 0 saturated carbocycles. The number of nitrogens with zero attached hydrogens (tertiary/aromatic N) is 1. The molecule has 1 heterocycles. The van der Waals surface area contributed by atoms with E-state index in [0.717, 1.165) is 31.7 Å². The van der Waals surface area contributed by atoms with Crippen molar-refractivity contribution in [1.82, 2.24) is 4.90 Å². The van der Waals surface area contributed by atoms with Gasteiger partial charge in [0.1, 0.15) is 0 Å². The smallest absolute Gasteiger partial charge is 0.222 e. The van der Waals surface area contributed by atoms with Gasteiger partial charge < -0.3 is 10.6 Å². The second-order valence-electron chi connectivity index (χ2n) is 4.67. The molecule has 0 aromatic rings. The minimum atomic E-state index is 0.224. The summed E-state index contributed by atoms with van der Waals surface area (Å²) in [5.41, 5.74) is 5.41. The number of carbonyl (C=O) groups is 1. The molecule has 0 spiro atoms. The molecular weight excluding hydrogens is 208 g/mol. The van der Waals surface area contributed by atoms with E-state index in [-0.39, 0.29) is 4.75 Å². The molecular formula is C11H22N2OS. The van der Waals surface area contributed by atoms with E-state index in [0.29, 0.717) is 18.9 Å². The van der Waals surface area contributed by atoms with Crippen LogP contribution in [0.25, 0.3) is 0 Å². The van der Waals surface area contributed by atoms with Crippen LogP contribution >= 0.6 is 11.8 Å². The minimum absolute atomic E-state index is 0.224. The van der Waals surface area contributed by atoms with Gasteiger partial charge in [-0.05, 0) is 33.2 Å². The molecule has 15 heavy (non-hydrogen) atoms. The maximum Gasteiger partial charge on any atom is 0.222 e. The number of rotatable bonds is 4. The molecule has 1 saturated heterocycles. The summed E-state index contributed by atoms with van der Waals surface area (Å²) in [5, 5.41) is 0. The van der Waals surface area contributed by atoms with Gasteiger partial charge in [-0.2, -0.15) is 11.8 Å². The molecule has 0 unspecified atom stereocenters. The van der Waals surface area contributed by atoms with Gasteiger partial charge in [0.05, 0.1) is 0 Å². The second kappa shape index (κ2) is 5.75. The first-order chi connectivity index (χ1) is 7.05. The van der Waals surface area contributed by atoms with Crippen molar-refractivity contribution in [1.29, 1.82) is 0 Å². The summed E-state index contributed by atoms with van der Waals surface area (Å²) in [6, 6.07) is 0. The second-order valence-corrected chi connectivity index (χ2v) is 6.47. The largest absolute Gasteiger partial charge is 0.341 e. The molecule has 0 bridgehead atoms. The first-order valence-corrected chi connectivity index (χ1v) is 6.65. The van der Waals surface area contributed by atoms with Gasteiger partial charge in [0.2, 0.25) is 5.91 Å². The van der Waals surface area contributed by atoms with E-state index >= 15 is 0 Å². The van der Waals surface area contributed by atoms with E-state index in [1.807, 2.05) is 16.7 Å². The molecule has 88 valence electrons. The van der Waals surface area contributed by atoms with Crippen LogP contribution in [0.3, 0.4) is 0 Å². The summed E-state index contributed by atoms with van der Waals surface area (Å²) in [7, 11) is 0. The zero-order valence-corrected chi connectivity index (χ0v) is 10.6. The minimum Gasteiger partial charge on any atom is -0.341 e. The fourth-order valence-corrected chi connectivity index (χ4v) is 2.92. The zero-order chi connectivity index (χ0) is 11.3. The Labute approximate surface area is 96.8 Å². The highest BCUT2D eigenvalue weighted by atomic mass is 32.2. The lowest BCUT2D eigenvalue weighted by Gasteiger charge is -2.37. The van der Waals surface area contributed by atoms with Crippen LogP contribution in [0.1, 0.15) is 33.1 Å². The maximum atomic E-state index is 11.8. The van der Waals surface area contributed by atoms with Gasteiger partial charge in [-0.1, -0.05) is 0 Å². The van der Waals surface area contributed by atoms with Crippen molar-refractivity contribution in [2.75, 3.05) is 25.4 Å². The number of amides is 1. The van der Waals surface area contributed by atoms with Gasteiger partial charge in [0, 0.05) is 30.0 Å². The van der Waals surface area contributed by atoms with Gasteiger partial charge in [-0.3, -0.25) is 4.79 Å². The number of hydrogen-bond acceptors (Lipinski definition) is 3. The Balaban J connectivity index is 2.32. The summed E-state index contributed by atoms with van der Waals surface area (Å²) in [6.07, 6.45) is 2.55. The third kappa shape index (κ3) is 4.43. The van der Waals surface area contributed by atoms with Crippen LogP contribution in [0.5, 0.6) is 0 Å². The summed E-state index contributed by atoms with van der Waals surface area (Å²) in [4.78, 5) is 13.8. The Morgan fingerprint density at radius 2 is 2.20 bits per heavy atom. The van der Waals surface area contributed by atoms with Gasteiger partial charge in [0.15, 0.2) is 0 Å². The molecule has 1 aliphatic rings. The first kappa shape index (κ1) is 12.8. The monoisotopic (exact) mass is 230 g/mol. The lowest BCUT2D eigenvalue weighted by atomic mass is 10.1. The number of nitrogens with two attached hydrogens (primary N) is 1. The fourth-order valence-electron chi connectivity index (χ4n) is 1.81. The summed E-state index contributed by atoms with van der Waals surface area (Å²) in [6.45, 7) is 6.90. The van der Waals surface area contributed by atoms with Crippen LogP contribution in [0.15, 0.2) is 0 Å². The summed E-state index contributed by atoms with van der Waals surface area (Å²) < 4.78 is 0.224. The van der Waals surface area contributed by atoms with Gasteiger partial charge >= 0.3 is 0 Å². The third-order valence-electron chi connectivity index (χ3n) is 2.62. The Morgan fingerprint density at radius 3 is 2.80 bits per heavy atom. The van der Waals surface area contributed by atoms with E-state index in [2.05, 4.69) is 13.8 Å². The van der Waals surface area contributed by atoms with Crippen LogP contribution in [-0.4, -0.2) is 40.9 Å². The molecule has 0 aromatic carbocycles. The lowest BCUT2D eigenvalue weighted by Crippen LogP contribution is -2.46. The van der Waals surface area contributed by atoms with Crippen molar-refractivity contribution in [3.05, 3.63) is 0 Å². The summed E-state index contributed by atoms with van der Waals surface area (Å²) >= 11 is 1.96. The first-order valence-electron chi connectivity index (χ1n) is 5.67. The van der Waals surface area contributed by atoms with Gasteiger partial charge in [-0.15, -0.1) is 0 Å². The standard InChI is InChI=1S/C11H22N2OS/c1-11(2)9-13(7-8-15-11)10(14)5-3-4-6-12/h3-9,12H2,1-2H3. The Bertz CT molecular complexity index is 219. The topological polar surface area (TPSA) is 46.3 Å². The van der Waals surface area contributed by atoms with Crippen molar-refractivity contribution >= 4 is 17.7 Å². The molecule has 0 atom stereocenters. The van der Waals surface area contributed by atoms with E-state index in [9.17, 15) is 4.79 Å². The van der Waals surface area contributed by atoms with Gasteiger partial charge in [0.25, 0.3) is 0 Å². The average molecular weight is 230 g/mol. The van der Waals surface area contributed by atoms with Crippen molar-refractivity contribution in [3.63, 3.8) is 0 Å². The van der Waals surface area contributed by atoms with E-state index in [1.54, 1.807) is 0 Å². The van der Waals surface area contributed by atoms with Crippen LogP contribution in [0, 0.1) is 0 Å². The number of hydrogen-bond donors (Lipinski definition) is 1. The number of unbranched alkanes of at least 4 members (excludes halogenated alkanes) is 1. The Hall–Kier alpha value is -0.220. The maximum absolute atomic E-state index is 11.8. The molecule has 2 N–H and O–H groups in total. The molecule has 0 radical (unpaired) electrons. The predicted octanol–water partition coefficient (Wildman–Crippen LogP) is 1.47. The Morgan fingerprint density at radius 1 is 1.47 bits per heavy atom. The van der Waals surface area contributed by atoms with E-state index < -0.39 is 0 Å². The third-order valence-corrected chi connectivity index (χ3v) is 3.92. The Kier molecular flexibility index (Phi) is 4.93. The van der Waals surface area contributed by atoms with Crippen LogP contribution < -0.4 is 5.73 Å².